The van der Waals surface area contributed by atoms with Crippen molar-refractivity contribution in [1.82, 2.24) is 14.8 Å². The van der Waals surface area contributed by atoms with Crippen LogP contribution in [-0.4, -0.2) is 27.8 Å². The first-order valence-electron chi connectivity index (χ1n) is 8.19. The quantitative estimate of drug-likeness (QED) is 0.511. The minimum Gasteiger partial charge on any atom is -0.465 e. The highest BCUT2D eigenvalue weighted by atomic mass is 32.1. The molecule has 3 aromatic heterocycles. The second kappa shape index (κ2) is 6.77. The highest BCUT2D eigenvalue weighted by Gasteiger charge is 2.16. The first-order valence-corrected chi connectivity index (χ1v) is 9.01. The van der Waals surface area contributed by atoms with Gasteiger partial charge < -0.3 is 4.74 Å². The van der Waals surface area contributed by atoms with Gasteiger partial charge in [-0.15, -0.1) is 11.3 Å². The van der Waals surface area contributed by atoms with Gasteiger partial charge in [0.05, 0.1) is 33.5 Å². The van der Waals surface area contributed by atoms with E-state index in [1.54, 1.807) is 31.4 Å². The number of thiophene rings is 1. The van der Waals surface area contributed by atoms with Crippen LogP contribution in [0.5, 0.6) is 0 Å². The lowest BCUT2D eigenvalue weighted by atomic mass is 10.1. The Morgan fingerprint density at radius 3 is 2.63 bits per heavy atom. The summed E-state index contributed by atoms with van der Waals surface area (Å²) < 4.78 is 6.11. The Hall–Kier alpha value is -3.32. The number of pyridine rings is 1. The lowest BCUT2D eigenvalue weighted by Gasteiger charge is -2.08. The molecule has 27 heavy (non-hydrogen) atoms. The molecule has 0 saturated heterocycles. The van der Waals surface area contributed by atoms with Gasteiger partial charge in [0.2, 0.25) is 0 Å². The predicted molar refractivity (Wildman–Crippen MR) is 105 cm³/mol. The Labute approximate surface area is 158 Å². The van der Waals surface area contributed by atoms with Crippen LogP contribution in [0.4, 0.5) is 0 Å². The molecule has 0 radical (unpaired) electrons. The summed E-state index contributed by atoms with van der Waals surface area (Å²) in [5.41, 5.74) is 1.68. The van der Waals surface area contributed by atoms with Crippen LogP contribution in [0.3, 0.4) is 0 Å². The maximum absolute atomic E-state index is 12.5. The molecule has 0 aliphatic heterocycles. The average Bonchev–Trinajstić information content (AvgIpc) is 3.20. The third kappa shape index (κ3) is 3.02. The highest BCUT2D eigenvalue weighted by molar-refractivity contribution is 7.18. The average molecular weight is 377 g/mol. The first kappa shape index (κ1) is 17.1. The number of carbonyl (C=O) groups is 1. The summed E-state index contributed by atoms with van der Waals surface area (Å²) >= 11 is 1.53. The molecule has 6 nitrogen and oxygen atoms in total. The number of nitrogens with zero attached hydrogens (tertiary/aromatic N) is 3. The van der Waals surface area contributed by atoms with Crippen molar-refractivity contribution in [2.75, 3.05) is 7.11 Å². The molecule has 0 amide bonds. The van der Waals surface area contributed by atoms with Gasteiger partial charge in [-0.25, -0.2) is 9.48 Å². The summed E-state index contributed by atoms with van der Waals surface area (Å²) in [6, 6.07) is 14.6. The zero-order valence-corrected chi connectivity index (χ0v) is 15.5. The SMILES string of the molecule is COC(=O)c1ccc2c(=O)n(C)nc(-c3ccc(-c4ccccn4)s3)c2c1. The Morgan fingerprint density at radius 2 is 1.89 bits per heavy atom. The van der Waals surface area contributed by atoms with E-state index in [2.05, 4.69) is 10.1 Å². The molecule has 0 atom stereocenters. The molecule has 0 spiro atoms. The van der Waals surface area contributed by atoms with Crippen LogP contribution in [0.1, 0.15) is 10.4 Å². The number of hydrogen-bond donors (Lipinski definition) is 0. The van der Waals surface area contributed by atoms with Crippen molar-refractivity contribution < 1.29 is 9.53 Å². The van der Waals surface area contributed by atoms with Gasteiger partial charge in [0.15, 0.2) is 0 Å². The van der Waals surface area contributed by atoms with Gasteiger partial charge in [0.25, 0.3) is 5.56 Å². The number of hydrogen-bond acceptors (Lipinski definition) is 6. The van der Waals surface area contributed by atoms with E-state index in [1.165, 1.54) is 23.1 Å². The largest absolute Gasteiger partial charge is 0.465 e. The second-order valence-corrected chi connectivity index (χ2v) is 6.99. The molecule has 0 unspecified atom stereocenters. The van der Waals surface area contributed by atoms with Gasteiger partial charge in [0, 0.05) is 18.6 Å². The molecule has 1 aromatic carbocycles. The van der Waals surface area contributed by atoms with E-state index in [4.69, 9.17) is 4.74 Å². The van der Waals surface area contributed by atoms with Gasteiger partial charge in [-0.1, -0.05) is 6.07 Å². The third-order valence-electron chi connectivity index (χ3n) is 4.23. The molecule has 0 bridgehead atoms. The van der Waals surface area contributed by atoms with Gasteiger partial charge in [-0.3, -0.25) is 9.78 Å². The van der Waals surface area contributed by atoms with Crippen molar-refractivity contribution in [2.24, 2.45) is 7.05 Å². The molecule has 0 saturated carbocycles. The van der Waals surface area contributed by atoms with Gasteiger partial charge in [0.1, 0.15) is 5.69 Å². The number of ether oxygens (including phenoxy) is 1. The van der Waals surface area contributed by atoms with Crippen LogP contribution in [-0.2, 0) is 11.8 Å². The van der Waals surface area contributed by atoms with E-state index < -0.39 is 5.97 Å². The van der Waals surface area contributed by atoms with Crippen molar-refractivity contribution in [1.29, 1.82) is 0 Å². The van der Waals surface area contributed by atoms with Crippen LogP contribution in [0.15, 0.2) is 59.5 Å². The molecule has 0 N–H and O–H groups in total. The summed E-state index contributed by atoms with van der Waals surface area (Å²) in [6.07, 6.45) is 1.75. The van der Waals surface area contributed by atoms with Crippen LogP contribution in [0.2, 0.25) is 0 Å². The highest BCUT2D eigenvalue weighted by Crippen LogP contribution is 2.35. The number of rotatable bonds is 3. The van der Waals surface area contributed by atoms with Gasteiger partial charge in [-0.2, -0.15) is 5.10 Å². The van der Waals surface area contributed by atoms with Crippen molar-refractivity contribution in [2.45, 2.75) is 0 Å². The molecule has 7 heteroatoms. The molecule has 4 aromatic rings. The number of esters is 1. The maximum Gasteiger partial charge on any atom is 0.337 e. The van der Waals surface area contributed by atoms with Crippen LogP contribution >= 0.6 is 11.3 Å². The normalized spacial score (nSPS) is 10.9. The Morgan fingerprint density at radius 1 is 1.07 bits per heavy atom. The molecular formula is C20H15N3O3S. The van der Waals surface area contributed by atoms with E-state index >= 15 is 0 Å². The number of aryl methyl sites for hydroxylation is 1. The molecule has 4 rings (SSSR count). The molecule has 0 fully saturated rings. The monoisotopic (exact) mass is 377 g/mol. The standard InChI is InChI=1S/C20H15N3O3S/c1-23-19(24)13-7-6-12(20(25)26-2)11-14(13)18(22-23)17-9-8-16(27-17)15-5-3-4-10-21-15/h3-11H,1-2H3. The molecule has 0 aliphatic rings. The lowest BCUT2D eigenvalue weighted by molar-refractivity contribution is 0.0601. The Balaban J connectivity index is 1.93. The summed E-state index contributed by atoms with van der Waals surface area (Å²) in [4.78, 5) is 30.6. The van der Waals surface area contributed by atoms with E-state index in [1.807, 2.05) is 30.3 Å². The summed E-state index contributed by atoms with van der Waals surface area (Å²) in [7, 11) is 2.95. The van der Waals surface area contributed by atoms with E-state index in [0.29, 0.717) is 22.0 Å². The van der Waals surface area contributed by atoms with Crippen molar-refractivity contribution >= 4 is 28.1 Å². The summed E-state index contributed by atoms with van der Waals surface area (Å²) in [6.45, 7) is 0. The fourth-order valence-corrected chi connectivity index (χ4v) is 3.87. The lowest BCUT2D eigenvalue weighted by Crippen LogP contribution is -2.20. The van der Waals surface area contributed by atoms with Crippen LogP contribution < -0.4 is 5.56 Å². The number of aromatic nitrogens is 3. The minimum atomic E-state index is -0.455. The first-order chi connectivity index (χ1) is 13.1. The smallest absolute Gasteiger partial charge is 0.337 e. The van der Waals surface area contributed by atoms with Crippen LogP contribution in [0.25, 0.3) is 31.9 Å². The number of carbonyl (C=O) groups excluding carboxylic acids is 1. The van der Waals surface area contributed by atoms with Gasteiger partial charge >= 0.3 is 5.97 Å². The van der Waals surface area contributed by atoms with E-state index in [9.17, 15) is 9.59 Å². The van der Waals surface area contributed by atoms with Crippen molar-refractivity contribution in [3.8, 4) is 21.1 Å². The minimum absolute atomic E-state index is 0.216. The summed E-state index contributed by atoms with van der Waals surface area (Å²) in [5, 5.41) is 5.57. The zero-order valence-electron chi connectivity index (χ0n) is 14.7. The number of methoxy groups -OCH3 is 1. The molecule has 3 heterocycles. The zero-order chi connectivity index (χ0) is 19.0. The van der Waals surface area contributed by atoms with Crippen molar-refractivity contribution in [3.05, 3.63) is 70.6 Å². The molecule has 134 valence electrons. The second-order valence-electron chi connectivity index (χ2n) is 5.91. The fraction of sp³-hybridized carbons (Fsp3) is 0.100. The van der Waals surface area contributed by atoms with Crippen LogP contribution in [0, 0.1) is 0 Å². The van der Waals surface area contributed by atoms with E-state index in [0.717, 1.165) is 15.4 Å². The Kier molecular flexibility index (Phi) is 4.29. The molecular weight excluding hydrogens is 362 g/mol. The third-order valence-corrected chi connectivity index (χ3v) is 5.34. The number of fused-ring (bicyclic) bond motifs is 1. The maximum atomic E-state index is 12.5. The molecule has 0 aliphatic carbocycles. The van der Waals surface area contributed by atoms with Gasteiger partial charge in [-0.05, 0) is 42.5 Å². The number of benzene rings is 1. The fourth-order valence-electron chi connectivity index (χ4n) is 2.89. The van der Waals surface area contributed by atoms with E-state index in [-0.39, 0.29) is 5.56 Å². The summed E-state index contributed by atoms with van der Waals surface area (Å²) in [5.74, 6) is -0.455. The Bertz CT molecular complexity index is 1210. The topological polar surface area (TPSA) is 74.1 Å². The predicted octanol–water partition coefficient (Wildman–Crippen LogP) is 3.51. The van der Waals surface area contributed by atoms with Crippen molar-refractivity contribution in [3.63, 3.8) is 0 Å².